The summed E-state index contributed by atoms with van der Waals surface area (Å²) in [6, 6.07) is 16.0. The Morgan fingerprint density at radius 3 is 2.59 bits per heavy atom. The molecule has 2 N–H and O–H groups in total. The first-order chi connectivity index (χ1) is 10.6. The third-order valence-electron chi connectivity index (χ3n) is 3.34. The monoisotopic (exact) mass is 336 g/mol. The molecule has 0 aliphatic carbocycles. The fourth-order valence-electron chi connectivity index (χ4n) is 2.09. The Morgan fingerprint density at radius 1 is 1.18 bits per heavy atom. The minimum Gasteiger partial charge on any atom is -0.324 e. The number of rotatable bonds is 6. The number of nitrogens with one attached hydrogen (secondary N) is 2. The van der Waals surface area contributed by atoms with Crippen LogP contribution >= 0.6 is 23.2 Å². The number of carbonyl (C=O) groups excluding carboxylic acids is 1. The second kappa shape index (κ2) is 8.18. The molecular weight excluding hydrogens is 319 g/mol. The van der Waals surface area contributed by atoms with E-state index in [4.69, 9.17) is 23.2 Å². The van der Waals surface area contributed by atoms with Crippen molar-refractivity contribution in [2.75, 3.05) is 11.2 Å². The normalized spacial score (nSPS) is 12.0. The second-order valence-corrected chi connectivity index (χ2v) is 5.68. The summed E-state index contributed by atoms with van der Waals surface area (Å²) in [5, 5.41) is 6.63. The van der Waals surface area contributed by atoms with Gasteiger partial charge in [0.25, 0.3) is 0 Å². The predicted octanol–water partition coefficient (Wildman–Crippen LogP) is 4.37. The Hall–Kier alpha value is -1.55. The third-order valence-corrected chi connectivity index (χ3v) is 3.91. The van der Waals surface area contributed by atoms with Crippen molar-refractivity contribution >= 4 is 34.8 Å². The van der Waals surface area contributed by atoms with Crippen LogP contribution in [0.5, 0.6) is 0 Å². The van der Waals surface area contributed by atoms with Gasteiger partial charge in [-0.25, -0.2) is 0 Å². The quantitative estimate of drug-likeness (QED) is 0.769. The molecule has 1 atom stereocenters. The molecule has 0 aliphatic rings. The van der Waals surface area contributed by atoms with Crippen LogP contribution in [-0.2, 0) is 11.3 Å². The van der Waals surface area contributed by atoms with E-state index >= 15 is 0 Å². The first-order valence-corrected chi connectivity index (χ1v) is 7.94. The zero-order valence-electron chi connectivity index (χ0n) is 12.3. The van der Waals surface area contributed by atoms with Gasteiger partial charge < -0.3 is 10.6 Å². The topological polar surface area (TPSA) is 41.1 Å². The maximum absolute atomic E-state index is 11.4. The molecule has 0 bridgehead atoms. The zero-order chi connectivity index (χ0) is 15.9. The van der Waals surface area contributed by atoms with Crippen LogP contribution in [0.2, 0.25) is 5.02 Å². The molecule has 0 aliphatic heterocycles. The van der Waals surface area contributed by atoms with Gasteiger partial charge in [0.2, 0.25) is 5.91 Å². The van der Waals surface area contributed by atoms with E-state index in [0.717, 1.165) is 5.56 Å². The van der Waals surface area contributed by atoms with Crippen molar-refractivity contribution in [3.05, 3.63) is 64.7 Å². The van der Waals surface area contributed by atoms with E-state index in [1.165, 1.54) is 5.56 Å². The predicted molar refractivity (Wildman–Crippen MR) is 92.5 cm³/mol. The molecule has 1 amide bonds. The molecule has 0 radical (unpaired) electrons. The molecule has 0 spiro atoms. The standard InChI is InChI=1S/C17H18Cl2N2O/c1-12(14-5-3-2-4-6-14)20-11-13-7-8-15(19)16(9-13)21-17(22)10-18/h2-9,12,20H,10-11H2,1H3,(H,21,22). The molecule has 0 heterocycles. The van der Waals surface area contributed by atoms with Crippen LogP contribution in [-0.4, -0.2) is 11.8 Å². The van der Waals surface area contributed by atoms with Crippen LogP contribution in [0.15, 0.2) is 48.5 Å². The van der Waals surface area contributed by atoms with E-state index in [1.54, 1.807) is 6.07 Å². The zero-order valence-corrected chi connectivity index (χ0v) is 13.8. The molecule has 5 heteroatoms. The van der Waals surface area contributed by atoms with Crippen LogP contribution in [0.4, 0.5) is 5.69 Å². The summed E-state index contributed by atoms with van der Waals surface area (Å²) in [6.07, 6.45) is 0. The van der Waals surface area contributed by atoms with Gasteiger partial charge in [-0.05, 0) is 30.2 Å². The lowest BCUT2D eigenvalue weighted by molar-refractivity contribution is -0.113. The highest BCUT2D eigenvalue weighted by Crippen LogP contribution is 2.23. The molecule has 0 saturated carbocycles. The number of carbonyl (C=O) groups is 1. The molecule has 3 nitrogen and oxygen atoms in total. The number of benzene rings is 2. The molecule has 1 unspecified atom stereocenters. The number of amides is 1. The maximum atomic E-state index is 11.4. The van der Waals surface area contributed by atoms with E-state index in [2.05, 4.69) is 29.7 Å². The van der Waals surface area contributed by atoms with E-state index in [9.17, 15) is 4.79 Å². The van der Waals surface area contributed by atoms with Crippen LogP contribution in [0.3, 0.4) is 0 Å². The minimum absolute atomic E-state index is 0.0934. The van der Waals surface area contributed by atoms with Crippen molar-refractivity contribution in [2.45, 2.75) is 19.5 Å². The largest absolute Gasteiger partial charge is 0.324 e. The van der Waals surface area contributed by atoms with Crippen molar-refractivity contribution in [3.8, 4) is 0 Å². The lowest BCUT2D eigenvalue weighted by atomic mass is 10.1. The van der Waals surface area contributed by atoms with Crippen molar-refractivity contribution in [3.63, 3.8) is 0 Å². The van der Waals surface area contributed by atoms with E-state index in [-0.39, 0.29) is 17.8 Å². The van der Waals surface area contributed by atoms with Crippen molar-refractivity contribution in [1.29, 1.82) is 0 Å². The van der Waals surface area contributed by atoms with Crippen molar-refractivity contribution in [2.24, 2.45) is 0 Å². The highest BCUT2D eigenvalue weighted by atomic mass is 35.5. The van der Waals surface area contributed by atoms with Gasteiger partial charge in [0.15, 0.2) is 0 Å². The minimum atomic E-state index is -0.272. The summed E-state index contributed by atoms with van der Waals surface area (Å²) < 4.78 is 0. The number of halogens is 2. The fourth-order valence-corrected chi connectivity index (χ4v) is 2.32. The summed E-state index contributed by atoms with van der Waals surface area (Å²) in [7, 11) is 0. The molecule has 22 heavy (non-hydrogen) atoms. The number of hydrogen-bond donors (Lipinski definition) is 2. The molecule has 2 aromatic rings. The number of anilines is 1. The molecule has 0 fully saturated rings. The van der Waals surface area contributed by atoms with Crippen LogP contribution < -0.4 is 10.6 Å². The fraction of sp³-hybridized carbons (Fsp3) is 0.235. The first-order valence-electron chi connectivity index (χ1n) is 7.02. The SMILES string of the molecule is CC(NCc1ccc(Cl)c(NC(=O)CCl)c1)c1ccccc1. The van der Waals surface area contributed by atoms with Crippen LogP contribution in [0.1, 0.15) is 24.1 Å². The molecule has 2 aromatic carbocycles. The molecular formula is C17H18Cl2N2O. The van der Waals surface area contributed by atoms with Gasteiger partial charge in [0.05, 0.1) is 10.7 Å². The lowest BCUT2D eigenvalue weighted by Crippen LogP contribution is -2.18. The summed E-state index contributed by atoms with van der Waals surface area (Å²) in [6.45, 7) is 2.79. The number of hydrogen-bond acceptors (Lipinski definition) is 2. The van der Waals surface area contributed by atoms with E-state index in [0.29, 0.717) is 17.3 Å². The average molecular weight is 337 g/mol. The van der Waals surface area contributed by atoms with Gasteiger partial charge in [-0.15, -0.1) is 11.6 Å². The maximum Gasteiger partial charge on any atom is 0.239 e. The highest BCUT2D eigenvalue weighted by Gasteiger charge is 2.08. The van der Waals surface area contributed by atoms with Crippen molar-refractivity contribution in [1.82, 2.24) is 5.32 Å². The molecule has 2 rings (SSSR count). The highest BCUT2D eigenvalue weighted by molar-refractivity contribution is 6.34. The van der Waals surface area contributed by atoms with Gasteiger partial charge in [-0.2, -0.15) is 0 Å². The molecule has 0 saturated heterocycles. The lowest BCUT2D eigenvalue weighted by Gasteiger charge is -2.15. The van der Waals surface area contributed by atoms with Crippen molar-refractivity contribution < 1.29 is 4.79 Å². The van der Waals surface area contributed by atoms with Crippen LogP contribution in [0, 0.1) is 0 Å². The Morgan fingerprint density at radius 2 is 1.91 bits per heavy atom. The van der Waals surface area contributed by atoms with Crippen LogP contribution in [0.25, 0.3) is 0 Å². The summed E-state index contributed by atoms with van der Waals surface area (Å²) in [5.74, 6) is -0.365. The average Bonchev–Trinajstić information content (AvgIpc) is 2.55. The van der Waals surface area contributed by atoms with Gasteiger partial charge in [0.1, 0.15) is 5.88 Å². The van der Waals surface area contributed by atoms with E-state index < -0.39 is 0 Å². The van der Waals surface area contributed by atoms with Gasteiger partial charge in [-0.3, -0.25) is 4.79 Å². The van der Waals surface area contributed by atoms with Gasteiger partial charge in [-0.1, -0.05) is 48.0 Å². The first kappa shape index (κ1) is 16.8. The van der Waals surface area contributed by atoms with E-state index in [1.807, 2.05) is 30.3 Å². The summed E-state index contributed by atoms with van der Waals surface area (Å²) >= 11 is 11.6. The molecule has 116 valence electrons. The Kier molecular flexibility index (Phi) is 6.25. The molecule has 0 aromatic heterocycles. The third kappa shape index (κ3) is 4.73. The van der Waals surface area contributed by atoms with Gasteiger partial charge in [0, 0.05) is 12.6 Å². The Bertz CT molecular complexity index is 632. The van der Waals surface area contributed by atoms with Gasteiger partial charge >= 0.3 is 0 Å². The summed E-state index contributed by atoms with van der Waals surface area (Å²) in [5.41, 5.74) is 2.85. The summed E-state index contributed by atoms with van der Waals surface area (Å²) in [4.78, 5) is 11.4. The number of alkyl halides is 1. The Balaban J connectivity index is 2.01. The smallest absolute Gasteiger partial charge is 0.239 e. The second-order valence-electron chi connectivity index (χ2n) is 5.01. The Labute approximate surface area is 140 Å².